The zero-order chi connectivity index (χ0) is 16.1. The number of hydrogen-bond donors (Lipinski definition) is 3. The normalized spacial score (nSPS) is 11.5. The van der Waals surface area contributed by atoms with Crippen LogP contribution >= 0.6 is 15.9 Å². The van der Waals surface area contributed by atoms with Crippen LogP contribution in [0.15, 0.2) is 53.0 Å². The van der Waals surface area contributed by atoms with Crippen molar-refractivity contribution in [2.24, 2.45) is 5.73 Å². The molecule has 4 N–H and O–H groups in total. The molecule has 22 heavy (non-hydrogen) atoms. The van der Waals surface area contributed by atoms with Crippen LogP contribution in [-0.2, 0) is 4.79 Å². The molecule has 0 aromatic heterocycles. The van der Waals surface area contributed by atoms with Crippen molar-refractivity contribution < 1.29 is 9.59 Å². The third-order valence-electron chi connectivity index (χ3n) is 3.04. The molecule has 0 aliphatic rings. The van der Waals surface area contributed by atoms with E-state index in [1.165, 1.54) is 0 Å². The molecule has 0 aliphatic heterocycles. The summed E-state index contributed by atoms with van der Waals surface area (Å²) in [6.45, 7) is 1.74. The second kappa shape index (κ2) is 7.09. The summed E-state index contributed by atoms with van der Waals surface area (Å²) in [7, 11) is 0. The quantitative estimate of drug-likeness (QED) is 0.765. The molecular formula is C16H16BrN3O2. The van der Waals surface area contributed by atoms with Crippen LogP contribution in [0.1, 0.15) is 17.3 Å². The predicted octanol–water partition coefficient (Wildman–Crippen LogP) is 2.99. The van der Waals surface area contributed by atoms with E-state index < -0.39 is 11.9 Å². The van der Waals surface area contributed by atoms with Crippen LogP contribution in [0, 0.1) is 0 Å². The maximum Gasteiger partial charge on any atom is 0.248 e. The van der Waals surface area contributed by atoms with E-state index in [2.05, 4.69) is 26.6 Å². The van der Waals surface area contributed by atoms with Crippen LogP contribution in [0.3, 0.4) is 0 Å². The molecule has 0 spiro atoms. The van der Waals surface area contributed by atoms with Crippen LogP contribution in [0.4, 0.5) is 11.4 Å². The van der Waals surface area contributed by atoms with Crippen molar-refractivity contribution in [3.8, 4) is 0 Å². The Balaban J connectivity index is 2.00. The Morgan fingerprint density at radius 2 is 1.77 bits per heavy atom. The summed E-state index contributed by atoms with van der Waals surface area (Å²) in [5.74, 6) is -0.678. The standard InChI is InChI=1S/C16H16BrN3O2/c1-10(16(22)20-13-7-5-12(17)6-8-13)19-14-4-2-3-11(9-14)15(18)21/h2-10,19H,1H3,(H2,18,21)(H,20,22). The Kier molecular flexibility index (Phi) is 5.16. The van der Waals surface area contributed by atoms with Crippen molar-refractivity contribution in [1.82, 2.24) is 0 Å². The molecule has 0 aliphatic carbocycles. The largest absolute Gasteiger partial charge is 0.374 e. The highest BCUT2D eigenvalue weighted by Crippen LogP contribution is 2.15. The van der Waals surface area contributed by atoms with Gasteiger partial charge in [0.15, 0.2) is 0 Å². The van der Waals surface area contributed by atoms with Crippen LogP contribution in [0.25, 0.3) is 0 Å². The summed E-state index contributed by atoms with van der Waals surface area (Å²) in [6.07, 6.45) is 0. The fraction of sp³-hybridized carbons (Fsp3) is 0.125. The van der Waals surface area contributed by atoms with Crippen molar-refractivity contribution in [3.63, 3.8) is 0 Å². The lowest BCUT2D eigenvalue weighted by atomic mass is 10.1. The van der Waals surface area contributed by atoms with E-state index in [-0.39, 0.29) is 5.91 Å². The zero-order valence-corrected chi connectivity index (χ0v) is 13.6. The van der Waals surface area contributed by atoms with Crippen LogP contribution < -0.4 is 16.4 Å². The van der Waals surface area contributed by atoms with Gasteiger partial charge in [0.2, 0.25) is 11.8 Å². The number of carbonyl (C=O) groups excluding carboxylic acids is 2. The number of primary amides is 1. The summed E-state index contributed by atoms with van der Waals surface area (Å²) in [6, 6.07) is 13.6. The molecule has 2 rings (SSSR count). The molecule has 0 bridgehead atoms. The fourth-order valence-electron chi connectivity index (χ4n) is 1.86. The van der Waals surface area contributed by atoms with Crippen molar-refractivity contribution in [2.75, 3.05) is 10.6 Å². The molecule has 0 radical (unpaired) electrons. The highest BCUT2D eigenvalue weighted by molar-refractivity contribution is 9.10. The van der Waals surface area contributed by atoms with Crippen LogP contribution in [0.2, 0.25) is 0 Å². The summed E-state index contributed by atoms with van der Waals surface area (Å²) in [5.41, 5.74) is 7.01. The highest BCUT2D eigenvalue weighted by atomic mass is 79.9. The molecule has 2 amide bonds. The van der Waals surface area contributed by atoms with Gasteiger partial charge >= 0.3 is 0 Å². The summed E-state index contributed by atoms with van der Waals surface area (Å²) < 4.78 is 0.944. The number of benzene rings is 2. The Morgan fingerprint density at radius 1 is 1.09 bits per heavy atom. The number of halogens is 1. The summed E-state index contributed by atoms with van der Waals surface area (Å²) in [4.78, 5) is 23.3. The molecule has 0 saturated carbocycles. The minimum Gasteiger partial charge on any atom is -0.374 e. The van der Waals surface area contributed by atoms with Gasteiger partial charge in [-0.05, 0) is 49.4 Å². The highest BCUT2D eigenvalue weighted by Gasteiger charge is 2.13. The monoisotopic (exact) mass is 361 g/mol. The lowest BCUT2D eigenvalue weighted by Gasteiger charge is -2.15. The molecule has 6 heteroatoms. The van der Waals surface area contributed by atoms with Crippen molar-refractivity contribution in [3.05, 3.63) is 58.6 Å². The first-order valence-electron chi connectivity index (χ1n) is 6.68. The van der Waals surface area contributed by atoms with Gasteiger partial charge in [-0.3, -0.25) is 9.59 Å². The Hall–Kier alpha value is -2.34. The van der Waals surface area contributed by atoms with E-state index >= 15 is 0 Å². The first kappa shape index (κ1) is 16.0. The van der Waals surface area contributed by atoms with E-state index in [0.717, 1.165) is 4.47 Å². The molecule has 1 unspecified atom stereocenters. The molecule has 0 saturated heterocycles. The minimum absolute atomic E-state index is 0.174. The number of anilines is 2. The number of nitrogens with one attached hydrogen (secondary N) is 2. The van der Waals surface area contributed by atoms with Crippen LogP contribution in [0.5, 0.6) is 0 Å². The van der Waals surface area contributed by atoms with Gasteiger partial charge in [-0.25, -0.2) is 0 Å². The van der Waals surface area contributed by atoms with E-state index in [9.17, 15) is 9.59 Å². The molecule has 1 atom stereocenters. The third kappa shape index (κ3) is 4.33. The van der Waals surface area contributed by atoms with E-state index in [1.807, 2.05) is 24.3 Å². The first-order valence-corrected chi connectivity index (χ1v) is 7.48. The summed E-state index contributed by atoms with van der Waals surface area (Å²) >= 11 is 3.34. The molecule has 2 aromatic carbocycles. The maximum atomic E-state index is 12.1. The maximum absolute atomic E-state index is 12.1. The SMILES string of the molecule is CC(Nc1cccc(C(N)=O)c1)C(=O)Nc1ccc(Br)cc1. The van der Waals surface area contributed by atoms with E-state index in [1.54, 1.807) is 31.2 Å². The van der Waals surface area contributed by atoms with Gasteiger partial charge in [0.25, 0.3) is 0 Å². The van der Waals surface area contributed by atoms with Gasteiger partial charge < -0.3 is 16.4 Å². The number of carbonyl (C=O) groups is 2. The number of nitrogens with two attached hydrogens (primary N) is 1. The Bertz CT molecular complexity index is 686. The zero-order valence-electron chi connectivity index (χ0n) is 12.0. The fourth-order valence-corrected chi connectivity index (χ4v) is 2.13. The Morgan fingerprint density at radius 3 is 2.41 bits per heavy atom. The average Bonchev–Trinajstić information content (AvgIpc) is 2.49. The lowest BCUT2D eigenvalue weighted by molar-refractivity contribution is -0.116. The number of hydrogen-bond acceptors (Lipinski definition) is 3. The van der Waals surface area contributed by atoms with Gasteiger partial charge in [0, 0.05) is 21.4 Å². The Labute approximate surface area is 137 Å². The predicted molar refractivity (Wildman–Crippen MR) is 90.8 cm³/mol. The number of rotatable bonds is 5. The molecule has 5 nitrogen and oxygen atoms in total. The van der Waals surface area contributed by atoms with Gasteiger partial charge in [-0.1, -0.05) is 22.0 Å². The van der Waals surface area contributed by atoms with E-state index in [0.29, 0.717) is 16.9 Å². The topological polar surface area (TPSA) is 84.2 Å². The van der Waals surface area contributed by atoms with Crippen molar-refractivity contribution in [2.45, 2.75) is 13.0 Å². The first-order chi connectivity index (χ1) is 10.5. The van der Waals surface area contributed by atoms with Crippen molar-refractivity contribution in [1.29, 1.82) is 0 Å². The van der Waals surface area contributed by atoms with Crippen molar-refractivity contribution >= 4 is 39.1 Å². The minimum atomic E-state index is -0.504. The van der Waals surface area contributed by atoms with Gasteiger partial charge in [-0.15, -0.1) is 0 Å². The summed E-state index contributed by atoms with van der Waals surface area (Å²) in [5, 5.41) is 5.85. The molecule has 2 aromatic rings. The average molecular weight is 362 g/mol. The second-order valence-electron chi connectivity index (χ2n) is 4.81. The third-order valence-corrected chi connectivity index (χ3v) is 3.56. The number of amides is 2. The van der Waals surface area contributed by atoms with Gasteiger partial charge in [0.05, 0.1) is 0 Å². The molecule has 0 fully saturated rings. The molecule has 0 heterocycles. The smallest absolute Gasteiger partial charge is 0.248 e. The van der Waals surface area contributed by atoms with Gasteiger partial charge in [0.1, 0.15) is 6.04 Å². The van der Waals surface area contributed by atoms with E-state index in [4.69, 9.17) is 5.73 Å². The van der Waals surface area contributed by atoms with Crippen LogP contribution in [-0.4, -0.2) is 17.9 Å². The lowest BCUT2D eigenvalue weighted by Crippen LogP contribution is -2.31. The van der Waals surface area contributed by atoms with Gasteiger partial charge in [-0.2, -0.15) is 0 Å². The second-order valence-corrected chi connectivity index (χ2v) is 5.72. The molecule has 114 valence electrons. The molecular weight excluding hydrogens is 346 g/mol.